The molecule has 21 heavy (non-hydrogen) atoms. The van der Waals surface area contributed by atoms with Crippen LogP contribution in [0.4, 0.5) is 0 Å². The van der Waals surface area contributed by atoms with E-state index in [1.807, 2.05) is 30.3 Å². The Bertz CT molecular complexity index is 419. The molecule has 1 aliphatic heterocycles. The second kappa shape index (κ2) is 8.77. The SMILES string of the molecule is N[C@@H](Cc1ccccc1)C(=O)NCCCOC1CCOC1. The van der Waals surface area contributed by atoms with Crippen molar-refractivity contribution in [3.05, 3.63) is 35.9 Å². The van der Waals surface area contributed by atoms with Crippen LogP contribution < -0.4 is 11.1 Å². The van der Waals surface area contributed by atoms with E-state index in [-0.39, 0.29) is 12.0 Å². The molecule has 1 unspecified atom stereocenters. The Labute approximate surface area is 125 Å². The second-order valence-corrected chi connectivity index (χ2v) is 5.30. The number of benzene rings is 1. The zero-order valence-electron chi connectivity index (χ0n) is 12.3. The van der Waals surface area contributed by atoms with Crippen molar-refractivity contribution < 1.29 is 14.3 Å². The number of carbonyl (C=O) groups is 1. The average Bonchev–Trinajstić information content (AvgIpc) is 3.01. The van der Waals surface area contributed by atoms with E-state index in [4.69, 9.17) is 15.2 Å². The van der Waals surface area contributed by atoms with Gasteiger partial charge < -0.3 is 20.5 Å². The Kier molecular flexibility index (Phi) is 6.66. The molecule has 0 spiro atoms. The Morgan fingerprint density at radius 1 is 1.43 bits per heavy atom. The van der Waals surface area contributed by atoms with E-state index in [9.17, 15) is 4.79 Å². The van der Waals surface area contributed by atoms with Crippen molar-refractivity contribution in [2.75, 3.05) is 26.4 Å². The maximum atomic E-state index is 11.9. The molecule has 1 amide bonds. The fourth-order valence-corrected chi connectivity index (χ4v) is 2.27. The van der Waals surface area contributed by atoms with Gasteiger partial charge in [-0.2, -0.15) is 0 Å². The first-order valence-corrected chi connectivity index (χ1v) is 7.52. The van der Waals surface area contributed by atoms with Crippen LogP contribution in [-0.2, 0) is 20.7 Å². The number of hydrogen-bond acceptors (Lipinski definition) is 4. The van der Waals surface area contributed by atoms with Crippen molar-refractivity contribution in [3.8, 4) is 0 Å². The van der Waals surface area contributed by atoms with Crippen LogP contribution in [-0.4, -0.2) is 44.4 Å². The molecule has 5 nitrogen and oxygen atoms in total. The second-order valence-electron chi connectivity index (χ2n) is 5.30. The van der Waals surface area contributed by atoms with E-state index in [1.54, 1.807) is 0 Å². The lowest BCUT2D eigenvalue weighted by Crippen LogP contribution is -2.42. The molecule has 2 atom stereocenters. The molecule has 0 aliphatic carbocycles. The quantitative estimate of drug-likeness (QED) is 0.697. The standard InChI is InChI=1S/C16H24N2O3/c17-15(11-13-5-2-1-3-6-13)16(19)18-8-4-9-21-14-7-10-20-12-14/h1-3,5-6,14-15H,4,7-12,17H2,(H,18,19)/t14?,15-/m0/s1. The summed E-state index contributed by atoms with van der Waals surface area (Å²) in [6.45, 7) is 2.71. The van der Waals surface area contributed by atoms with Crippen molar-refractivity contribution in [2.24, 2.45) is 5.73 Å². The molecule has 0 saturated carbocycles. The first kappa shape index (κ1) is 15.9. The van der Waals surface area contributed by atoms with Gasteiger partial charge in [0.15, 0.2) is 0 Å². The summed E-state index contributed by atoms with van der Waals surface area (Å²) in [5.74, 6) is -0.108. The molecule has 0 aromatic heterocycles. The van der Waals surface area contributed by atoms with Gasteiger partial charge in [-0.3, -0.25) is 4.79 Å². The smallest absolute Gasteiger partial charge is 0.237 e. The molecule has 1 heterocycles. The summed E-state index contributed by atoms with van der Waals surface area (Å²) in [5.41, 5.74) is 6.98. The first-order chi connectivity index (χ1) is 10.3. The van der Waals surface area contributed by atoms with Crippen LogP contribution in [0.1, 0.15) is 18.4 Å². The number of hydrogen-bond donors (Lipinski definition) is 2. The fourth-order valence-electron chi connectivity index (χ4n) is 2.27. The van der Waals surface area contributed by atoms with Gasteiger partial charge in [-0.1, -0.05) is 30.3 Å². The minimum atomic E-state index is -0.503. The molecule has 1 aromatic rings. The highest BCUT2D eigenvalue weighted by Gasteiger charge is 2.16. The lowest BCUT2D eigenvalue weighted by molar-refractivity contribution is -0.122. The van der Waals surface area contributed by atoms with Gasteiger partial charge in [-0.25, -0.2) is 0 Å². The average molecular weight is 292 g/mol. The van der Waals surface area contributed by atoms with Crippen LogP contribution in [0.3, 0.4) is 0 Å². The zero-order valence-corrected chi connectivity index (χ0v) is 12.3. The van der Waals surface area contributed by atoms with Crippen molar-refractivity contribution >= 4 is 5.91 Å². The molecule has 1 fully saturated rings. The predicted molar refractivity (Wildman–Crippen MR) is 80.9 cm³/mol. The van der Waals surface area contributed by atoms with Gasteiger partial charge in [0.2, 0.25) is 5.91 Å². The number of rotatable bonds is 8. The predicted octanol–water partition coefficient (Wildman–Crippen LogP) is 0.868. The summed E-state index contributed by atoms with van der Waals surface area (Å²) in [5, 5.41) is 2.85. The van der Waals surface area contributed by atoms with Crippen LogP contribution in [0, 0.1) is 0 Å². The van der Waals surface area contributed by atoms with E-state index < -0.39 is 6.04 Å². The maximum absolute atomic E-state index is 11.9. The van der Waals surface area contributed by atoms with Gasteiger partial charge in [0.05, 0.1) is 18.8 Å². The van der Waals surface area contributed by atoms with Crippen LogP contribution in [0.5, 0.6) is 0 Å². The van der Waals surface area contributed by atoms with Gasteiger partial charge in [0, 0.05) is 19.8 Å². The van der Waals surface area contributed by atoms with E-state index in [0.717, 1.165) is 25.0 Å². The molecular weight excluding hydrogens is 268 g/mol. The Hall–Kier alpha value is -1.43. The number of nitrogens with two attached hydrogens (primary N) is 1. The summed E-state index contributed by atoms with van der Waals surface area (Å²) >= 11 is 0. The third kappa shape index (κ3) is 5.83. The fraction of sp³-hybridized carbons (Fsp3) is 0.562. The zero-order chi connectivity index (χ0) is 14.9. The highest BCUT2D eigenvalue weighted by molar-refractivity contribution is 5.81. The molecule has 0 radical (unpaired) electrons. The molecule has 1 aromatic carbocycles. The largest absolute Gasteiger partial charge is 0.379 e. The summed E-state index contributed by atoms with van der Waals surface area (Å²) < 4.78 is 10.9. The number of carbonyl (C=O) groups excluding carboxylic acids is 1. The minimum absolute atomic E-state index is 0.108. The normalized spacial score (nSPS) is 19.4. The number of nitrogens with one attached hydrogen (secondary N) is 1. The van der Waals surface area contributed by atoms with E-state index in [0.29, 0.717) is 26.2 Å². The lowest BCUT2D eigenvalue weighted by atomic mass is 10.1. The topological polar surface area (TPSA) is 73.6 Å². The summed E-state index contributed by atoms with van der Waals surface area (Å²) in [7, 11) is 0. The molecule has 3 N–H and O–H groups in total. The van der Waals surface area contributed by atoms with Crippen molar-refractivity contribution in [1.29, 1.82) is 0 Å². The van der Waals surface area contributed by atoms with Crippen molar-refractivity contribution in [3.63, 3.8) is 0 Å². The Balaban J connectivity index is 1.56. The van der Waals surface area contributed by atoms with Gasteiger partial charge in [-0.05, 0) is 24.8 Å². The highest BCUT2D eigenvalue weighted by atomic mass is 16.5. The van der Waals surface area contributed by atoms with Crippen molar-refractivity contribution in [1.82, 2.24) is 5.32 Å². The Morgan fingerprint density at radius 2 is 2.24 bits per heavy atom. The maximum Gasteiger partial charge on any atom is 0.237 e. The molecule has 2 rings (SSSR count). The van der Waals surface area contributed by atoms with Crippen molar-refractivity contribution in [2.45, 2.75) is 31.4 Å². The van der Waals surface area contributed by atoms with Gasteiger partial charge >= 0.3 is 0 Å². The molecule has 5 heteroatoms. The first-order valence-electron chi connectivity index (χ1n) is 7.52. The molecule has 1 aliphatic rings. The molecular formula is C16H24N2O3. The van der Waals surface area contributed by atoms with Crippen LogP contribution >= 0.6 is 0 Å². The van der Waals surface area contributed by atoms with Crippen LogP contribution in [0.25, 0.3) is 0 Å². The van der Waals surface area contributed by atoms with E-state index in [1.165, 1.54) is 0 Å². The van der Waals surface area contributed by atoms with Gasteiger partial charge in [0.25, 0.3) is 0 Å². The molecule has 116 valence electrons. The van der Waals surface area contributed by atoms with Crippen LogP contribution in [0.15, 0.2) is 30.3 Å². The highest BCUT2D eigenvalue weighted by Crippen LogP contribution is 2.08. The lowest BCUT2D eigenvalue weighted by Gasteiger charge is -2.13. The summed E-state index contributed by atoms with van der Waals surface area (Å²) in [6.07, 6.45) is 2.54. The van der Waals surface area contributed by atoms with Gasteiger partial charge in [0.1, 0.15) is 0 Å². The van der Waals surface area contributed by atoms with Gasteiger partial charge in [-0.15, -0.1) is 0 Å². The minimum Gasteiger partial charge on any atom is -0.379 e. The van der Waals surface area contributed by atoms with E-state index >= 15 is 0 Å². The van der Waals surface area contributed by atoms with Crippen LogP contribution in [0.2, 0.25) is 0 Å². The Morgan fingerprint density at radius 3 is 2.95 bits per heavy atom. The number of amides is 1. The third-order valence-electron chi connectivity index (χ3n) is 3.50. The van der Waals surface area contributed by atoms with E-state index in [2.05, 4.69) is 5.32 Å². The molecule has 0 bridgehead atoms. The third-order valence-corrected chi connectivity index (χ3v) is 3.50. The summed E-state index contributed by atoms with van der Waals surface area (Å²) in [4.78, 5) is 11.9. The number of ether oxygens (including phenoxy) is 2. The monoisotopic (exact) mass is 292 g/mol. The summed E-state index contributed by atoms with van der Waals surface area (Å²) in [6, 6.07) is 9.30. The molecule has 1 saturated heterocycles.